The lowest BCUT2D eigenvalue weighted by atomic mass is 9.79. The molecule has 0 fully saturated rings. The molecule has 5 rings (SSSR count). The fraction of sp³-hybridized carbons (Fsp3) is 0.133. The second-order valence-electron chi connectivity index (χ2n) is 8.96. The number of rotatable bonds is 6. The normalized spacial score (nSPS) is 16.6. The number of carbonyl (C=O) groups is 2. The topological polar surface area (TPSA) is 58.6 Å². The van der Waals surface area contributed by atoms with Crippen molar-refractivity contribution in [2.24, 2.45) is 0 Å². The third-order valence-electron chi connectivity index (χ3n) is 6.63. The Bertz CT molecular complexity index is 1490. The minimum Gasteiger partial charge on any atom is -0.497 e. The van der Waals surface area contributed by atoms with Crippen molar-refractivity contribution in [1.29, 1.82) is 0 Å². The molecule has 1 heterocycles. The van der Waals surface area contributed by atoms with Crippen LogP contribution in [0.1, 0.15) is 39.0 Å². The molecule has 0 bridgehead atoms. The summed E-state index contributed by atoms with van der Waals surface area (Å²) in [5, 5.41) is 2.73. The first-order valence-corrected chi connectivity index (χ1v) is 12.3. The zero-order valence-corrected chi connectivity index (χ0v) is 21.1. The van der Waals surface area contributed by atoms with Crippen LogP contribution in [0.15, 0.2) is 91.0 Å². The Morgan fingerprint density at radius 3 is 2.37 bits per heavy atom. The van der Waals surface area contributed by atoms with Gasteiger partial charge in [-0.25, -0.2) is 8.78 Å². The molecule has 5 nitrogen and oxygen atoms in total. The van der Waals surface area contributed by atoms with Gasteiger partial charge in [0.15, 0.2) is 0 Å². The Morgan fingerprint density at radius 2 is 1.68 bits per heavy atom. The SMILES string of the molecule is COc1ccc([C@@H]2[C@H](C(=O)Nc3ccc(F)c(Cl)c3)c3ccccc3C(=O)N2Cc2ccc(F)cc2)cc1. The molecular formula is C30H23ClF2N2O3. The second-order valence-corrected chi connectivity index (χ2v) is 9.37. The summed E-state index contributed by atoms with van der Waals surface area (Å²) in [5.41, 5.74) is 2.72. The van der Waals surface area contributed by atoms with Crippen molar-refractivity contribution < 1.29 is 23.1 Å². The number of hydrogen-bond donors (Lipinski definition) is 1. The lowest BCUT2D eigenvalue weighted by Crippen LogP contribution is -2.45. The summed E-state index contributed by atoms with van der Waals surface area (Å²) in [6.45, 7) is 0.149. The van der Waals surface area contributed by atoms with Crippen molar-refractivity contribution in [1.82, 2.24) is 4.90 Å². The van der Waals surface area contributed by atoms with Gasteiger partial charge < -0.3 is 15.0 Å². The van der Waals surface area contributed by atoms with Gasteiger partial charge in [-0.3, -0.25) is 9.59 Å². The molecular weight excluding hydrogens is 510 g/mol. The van der Waals surface area contributed by atoms with Gasteiger partial charge in [0.1, 0.15) is 17.4 Å². The Labute approximate surface area is 223 Å². The zero-order valence-electron chi connectivity index (χ0n) is 20.3. The average Bonchev–Trinajstić information content (AvgIpc) is 2.93. The smallest absolute Gasteiger partial charge is 0.255 e. The van der Waals surface area contributed by atoms with Crippen molar-refractivity contribution in [3.8, 4) is 5.75 Å². The zero-order chi connectivity index (χ0) is 26.8. The van der Waals surface area contributed by atoms with Gasteiger partial charge in [-0.15, -0.1) is 0 Å². The highest BCUT2D eigenvalue weighted by Crippen LogP contribution is 2.44. The van der Waals surface area contributed by atoms with Crippen LogP contribution in [0.25, 0.3) is 0 Å². The summed E-state index contributed by atoms with van der Waals surface area (Å²) in [6, 6.07) is 23.3. The predicted molar refractivity (Wildman–Crippen MR) is 141 cm³/mol. The third kappa shape index (κ3) is 4.97. The van der Waals surface area contributed by atoms with Crippen molar-refractivity contribution in [3.05, 3.63) is 130 Å². The van der Waals surface area contributed by atoms with E-state index in [0.717, 1.165) is 0 Å². The van der Waals surface area contributed by atoms with E-state index >= 15 is 0 Å². The lowest BCUT2D eigenvalue weighted by molar-refractivity contribution is -0.119. The number of nitrogens with zero attached hydrogens (tertiary/aromatic N) is 1. The number of carbonyl (C=O) groups excluding carboxylic acids is 2. The van der Waals surface area contributed by atoms with Gasteiger partial charge in [0.2, 0.25) is 5.91 Å². The molecule has 1 N–H and O–H groups in total. The molecule has 0 aromatic heterocycles. The molecule has 8 heteroatoms. The maximum atomic E-state index is 13.9. The summed E-state index contributed by atoms with van der Waals surface area (Å²) in [6.07, 6.45) is 0. The largest absolute Gasteiger partial charge is 0.497 e. The first-order chi connectivity index (χ1) is 18.4. The molecule has 192 valence electrons. The number of amides is 2. The summed E-state index contributed by atoms with van der Waals surface area (Å²) in [4.78, 5) is 29.4. The van der Waals surface area contributed by atoms with Crippen molar-refractivity contribution in [2.45, 2.75) is 18.5 Å². The quantitative estimate of drug-likeness (QED) is 0.299. The van der Waals surface area contributed by atoms with Gasteiger partial charge in [-0.05, 0) is 65.2 Å². The van der Waals surface area contributed by atoms with Gasteiger partial charge in [0, 0.05) is 17.8 Å². The summed E-state index contributed by atoms with van der Waals surface area (Å²) >= 11 is 5.94. The van der Waals surface area contributed by atoms with E-state index in [4.69, 9.17) is 16.3 Å². The van der Waals surface area contributed by atoms with E-state index in [-0.39, 0.29) is 23.3 Å². The van der Waals surface area contributed by atoms with Crippen molar-refractivity contribution >= 4 is 29.1 Å². The molecule has 0 unspecified atom stereocenters. The molecule has 2 atom stereocenters. The Balaban J connectivity index is 1.63. The molecule has 0 saturated heterocycles. The fourth-order valence-electron chi connectivity index (χ4n) is 4.80. The van der Waals surface area contributed by atoms with Crippen molar-refractivity contribution in [3.63, 3.8) is 0 Å². The van der Waals surface area contributed by atoms with E-state index in [2.05, 4.69) is 5.32 Å². The molecule has 1 aliphatic rings. The highest BCUT2D eigenvalue weighted by molar-refractivity contribution is 6.31. The summed E-state index contributed by atoms with van der Waals surface area (Å²) in [7, 11) is 1.56. The summed E-state index contributed by atoms with van der Waals surface area (Å²) in [5.74, 6) is -1.81. The van der Waals surface area contributed by atoms with Crippen LogP contribution in [0.3, 0.4) is 0 Å². The van der Waals surface area contributed by atoms with Crippen LogP contribution in [0.4, 0.5) is 14.5 Å². The molecule has 38 heavy (non-hydrogen) atoms. The number of hydrogen-bond acceptors (Lipinski definition) is 3. The van der Waals surface area contributed by atoms with Crippen LogP contribution in [-0.4, -0.2) is 23.8 Å². The van der Waals surface area contributed by atoms with Crippen LogP contribution in [0, 0.1) is 11.6 Å². The fourth-order valence-corrected chi connectivity index (χ4v) is 4.98. The minimum absolute atomic E-state index is 0.119. The van der Waals surface area contributed by atoms with Crippen LogP contribution >= 0.6 is 11.6 Å². The van der Waals surface area contributed by atoms with Crippen LogP contribution in [0.2, 0.25) is 5.02 Å². The molecule has 4 aromatic carbocycles. The molecule has 0 radical (unpaired) electrons. The van der Waals surface area contributed by atoms with E-state index in [1.54, 1.807) is 60.5 Å². The number of halogens is 3. The van der Waals surface area contributed by atoms with Crippen LogP contribution in [-0.2, 0) is 11.3 Å². The Morgan fingerprint density at radius 1 is 0.974 bits per heavy atom. The maximum absolute atomic E-state index is 13.9. The number of ether oxygens (including phenoxy) is 1. The average molecular weight is 533 g/mol. The van der Waals surface area contributed by atoms with Gasteiger partial charge in [0.25, 0.3) is 5.91 Å². The molecule has 1 aliphatic heterocycles. The molecule has 0 aliphatic carbocycles. The highest BCUT2D eigenvalue weighted by Gasteiger charge is 2.44. The molecule has 4 aromatic rings. The Hall–Kier alpha value is -4.23. The number of methoxy groups -OCH3 is 1. The number of nitrogens with one attached hydrogen (secondary N) is 1. The minimum atomic E-state index is -0.818. The maximum Gasteiger partial charge on any atom is 0.255 e. The van der Waals surface area contributed by atoms with Crippen LogP contribution in [0.5, 0.6) is 5.75 Å². The van der Waals surface area contributed by atoms with E-state index < -0.39 is 23.7 Å². The first kappa shape index (κ1) is 25.4. The third-order valence-corrected chi connectivity index (χ3v) is 6.92. The van der Waals surface area contributed by atoms with Gasteiger partial charge >= 0.3 is 0 Å². The van der Waals surface area contributed by atoms with E-state index in [9.17, 15) is 18.4 Å². The molecule has 2 amide bonds. The van der Waals surface area contributed by atoms with Gasteiger partial charge in [-0.1, -0.05) is 54.1 Å². The van der Waals surface area contributed by atoms with Crippen molar-refractivity contribution in [2.75, 3.05) is 12.4 Å². The predicted octanol–water partition coefficient (Wildman–Crippen LogP) is 6.75. The second kappa shape index (κ2) is 10.6. The van der Waals surface area contributed by atoms with Gasteiger partial charge in [-0.2, -0.15) is 0 Å². The highest BCUT2D eigenvalue weighted by atomic mass is 35.5. The van der Waals surface area contributed by atoms with E-state index in [1.807, 2.05) is 12.1 Å². The number of anilines is 1. The molecule has 0 spiro atoms. The van der Waals surface area contributed by atoms with Crippen LogP contribution < -0.4 is 10.1 Å². The van der Waals surface area contributed by atoms with Gasteiger partial charge in [0.05, 0.1) is 24.1 Å². The van der Waals surface area contributed by atoms with E-state index in [1.165, 1.54) is 30.3 Å². The standard InChI is InChI=1S/C30H23ClF2N2O3/c1-38-22-13-8-19(9-14-22)28-27(29(36)34-21-12-15-26(33)25(31)16-21)23-4-2-3-5-24(23)30(37)35(28)17-18-6-10-20(32)11-7-18/h2-16,27-28H,17H2,1H3,(H,34,36)/t27-,28-/m1/s1. The summed E-state index contributed by atoms with van der Waals surface area (Å²) < 4.78 is 32.6. The first-order valence-electron chi connectivity index (χ1n) is 11.9. The Kier molecular flexibility index (Phi) is 7.11. The molecule has 0 saturated carbocycles. The number of fused-ring (bicyclic) bond motifs is 1. The number of benzene rings is 4. The monoisotopic (exact) mass is 532 g/mol. The lowest BCUT2D eigenvalue weighted by Gasteiger charge is -2.42. The van der Waals surface area contributed by atoms with E-state index in [0.29, 0.717) is 33.7 Å².